The van der Waals surface area contributed by atoms with Gasteiger partial charge in [0.1, 0.15) is 5.76 Å². The van der Waals surface area contributed by atoms with Crippen molar-refractivity contribution >= 4 is 5.91 Å². The molecule has 128 valence electrons. The fourth-order valence-electron chi connectivity index (χ4n) is 3.16. The molecule has 0 N–H and O–H groups in total. The second kappa shape index (κ2) is 7.62. The van der Waals surface area contributed by atoms with Crippen molar-refractivity contribution < 1.29 is 9.32 Å². The quantitative estimate of drug-likeness (QED) is 0.847. The number of aromatic nitrogens is 1. The number of hydrogen-bond acceptors (Lipinski definition) is 4. The Balaban J connectivity index is 1.45. The van der Waals surface area contributed by atoms with Crippen molar-refractivity contribution in [2.45, 2.75) is 33.2 Å². The molecule has 2 heterocycles. The van der Waals surface area contributed by atoms with Crippen molar-refractivity contribution in [3.8, 4) is 0 Å². The smallest absolute Gasteiger partial charge is 0.222 e. The number of carbonyl (C=O) groups is 1. The van der Waals surface area contributed by atoms with Crippen molar-refractivity contribution in [3.05, 3.63) is 52.9 Å². The predicted octanol–water partition coefficient (Wildman–Crippen LogP) is 2.57. The van der Waals surface area contributed by atoms with Gasteiger partial charge in [0.05, 0.1) is 5.69 Å². The Labute approximate surface area is 143 Å². The molecule has 24 heavy (non-hydrogen) atoms. The second-order valence-corrected chi connectivity index (χ2v) is 6.45. The highest BCUT2D eigenvalue weighted by Gasteiger charge is 2.22. The zero-order valence-electron chi connectivity index (χ0n) is 14.5. The van der Waals surface area contributed by atoms with Crippen LogP contribution in [0.2, 0.25) is 0 Å². The molecule has 1 saturated heterocycles. The lowest BCUT2D eigenvalue weighted by Crippen LogP contribution is -2.48. The molecule has 0 aliphatic carbocycles. The van der Waals surface area contributed by atoms with Crippen LogP contribution in [0.3, 0.4) is 0 Å². The number of benzene rings is 1. The molecular weight excluding hydrogens is 302 g/mol. The molecule has 0 radical (unpaired) electrons. The van der Waals surface area contributed by atoms with E-state index in [9.17, 15) is 4.79 Å². The summed E-state index contributed by atoms with van der Waals surface area (Å²) in [7, 11) is 0. The van der Waals surface area contributed by atoms with Gasteiger partial charge in [0.25, 0.3) is 0 Å². The number of aryl methyl sites for hydroxylation is 3. The summed E-state index contributed by atoms with van der Waals surface area (Å²) in [5.74, 6) is 1.16. The van der Waals surface area contributed by atoms with E-state index in [2.05, 4.69) is 22.2 Å². The van der Waals surface area contributed by atoms with E-state index in [0.717, 1.165) is 50.6 Å². The van der Waals surface area contributed by atoms with Gasteiger partial charge in [-0.15, -0.1) is 0 Å². The van der Waals surface area contributed by atoms with Gasteiger partial charge < -0.3 is 9.42 Å². The van der Waals surface area contributed by atoms with Crippen molar-refractivity contribution in [2.75, 3.05) is 26.2 Å². The SMILES string of the molecule is Cc1noc(C)c1CN1CCN(C(=O)CCc2ccccc2)CC1. The van der Waals surface area contributed by atoms with Crippen LogP contribution in [0.25, 0.3) is 0 Å². The monoisotopic (exact) mass is 327 g/mol. The van der Waals surface area contributed by atoms with Crippen LogP contribution in [0.4, 0.5) is 0 Å². The van der Waals surface area contributed by atoms with Crippen molar-refractivity contribution in [1.82, 2.24) is 15.0 Å². The van der Waals surface area contributed by atoms with Crippen LogP contribution < -0.4 is 0 Å². The summed E-state index contributed by atoms with van der Waals surface area (Å²) in [6, 6.07) is 10.2. The molecule has 0 atom stereocenters. The third-order valence-corrected chi connectivity index (χ3v) is 4.76. The molecule has 1 aliphatic heterocycles. The van der Waals surface area contributed by atoms with Gasteiger partial charge in [-0.25, -0.2) is 0 Å². The Morgan fingerprint density at radius 1 is 1.12 bits per heavy atom. The molecule has 1 aliphatic rings. The second-order valence-electron chi connectivity index (χ2n) is 6.45. The largest absolute Gasteiger partial charge is 0.361 e. The van der Waals surface area contributed by atoms with E-state index < -0.39 is 0 Å². The molecule has 2 aromatic rings. The third kappa shape index (κ3) is 4.03. The highest BCUT2D eigenvalue weighted by molar-refractivity contribution is 5.76. The average molecular weight is 327 g/mol. The number of carbonyl (C=O) groups excluding carboxylic acids is 1. The van der Waals surface area contributed by atoms with Crippen LogP contribution in [-0.2, 0) is 17.8 Å². The maximum Gasteiger partial charge on any atom is 0.222 e. The summed E-state index contributed by atoms with van der Waals surface area (Å²) >= 11 is 0. The summed E-state index contributed by atoms with van der Waals surface area (Å²) in [6.45, 7) is 8.21. The van der Waals surface area contributed by atoms with Crippen LogP contribution in [-0.4, -0.2) is 47.0 Å². The third-order valence-electron chi connectivity index (χ3n) is 4.76. The van der Waals surface area contributed by atoms with E-state index in [0.29, 0.717) is 6.42 Å². The average Bonchev–Trinajstić information content (AvgIpc) is 2.93. The maximum atomic E-state index is 12.4. The summed E-state index contributed by atoms with van der Waals surface area (Å²) < 4.78 is 5.23. The van der Waals surface area contributed by atoms with Gasteiger partial charge in [-0.05, 0) is 25.8 Å². The van der Waals surface area contributed by atoms with E-state index in [1.807, 2.05) is 36.9 Å². The minimum atomic E-state index is 0.260. The van der Waals surface area contributed by atoms with Gasteiger partial charge in [0.15, 0.2) is 0 Å². The first-order valence-electron chi connectivity index (χ1n) is 8.59. The first-order valence-corrected chi connectivity index (χ1v) is 8.59. The van der Waals surface area contributed by atoms with Gasteiger partial charge in [-0.2, -0.15) is 0 Å². The molecular formula is C19H25N3O2. The lowest BCUT2D eigenvalue weighted by molar-refractivity contribution is -0.133. The lowest BCUT2D eigenvalue weighted by Gasteiger charge is -2.34. The number of amides is 1. The van der Waals surface area contributed by atoms with Crippen LogP contribution in [0.15, 0.2) is 34.9 Å². The summed E-state index contributed by atoms with van der Waals surface area (Å²) in [5.41, 5.74) is 3.37. The molecule has 3 rings (SSSR count). The van der Waals surface area contributed by atoms with E-state index >= 15 is 0 Å². The topological polar surface area (TPSA) is 49.6 Å². The Hall–Kier alpha value is -2.14. The standard InChI is InChI=1S/C19H25N3O2/c1-15-18(16(2)24-20-15)14-21-10-12-22(13-11-21)19(23)9-8-17-6-4-3-5-7-17/h3-7H,8-14H2,1-2H3. The van der Waals surface area contributed by atoms with E-state index in [-0.39, 0.29) is 5.91 Å². The molecule has 5 nitrogen and oxygen atoms in total. The van der Waals surface area contributed by atoms with Gasteiger partial charge in [-0.1, -0.05) is 35.5 Å². The van der Waals surface area contributed by atoms with Crippen LogP contribution in [0.1, 0.15) is 29.0 Å². The molecule has 1 fully saturated rings. The maximum absolute atomic E-state index is 12.4. The van der Waals surface area contributed by atoms with Gasteiger partial charge in [-0.3, -0.25) is 9.69 Å². The molecule has 1 aromatic carbocycles. The van der Waals surface area contributed by atoms with Crippen LogP contribution in [0, 0.1) is 13.8 Å². The highest BCUT2D eigenvalue weighted by atomic mass is 16.5. The van der Waals surface area contributed by atoms with E-state index in [1.165, 1.54) is 11.1 Å². The van der Waals surface area contributed by atoms with Crippen LogP contribution in [0.5, 0.6) is 0 Å². The number of rotatable bonds is 5. The zero-order valence-corrected chi connectivity index (χ0v) is 14.5. The molecule has 0 unspecified atom stereocenters. The Kier molecular flexibility index (Phi) is 5.30. The van der Waals surface area contributed by atoms with Gasteiger partial charge in [0, 0.05) is 44.7 Å². The minimum absolute atomic E-state index is 0.260. The first-order chi connectivity index (χ1) is 11.6. The Bertz CT molecular complexity index is 654. The van der Waals surface area contributed by atoms with E-state index in [4.69, 9.17) is 4.52 Å². The van der Waals surface area contributed by atoms with Gasteiger partial charge in [0.2, 0.25) is 5.91 Å². The molecule has 0 spiro atoms. The van der Waals surface area contributed by atoms with Gasteiger partial charge >= 0.3 is 0 Å². The number of hydrogen-bond donors (Lipinski definition) is 0. The zero-order chi connectivity index (χ0) is 16.9. The molecule has 5 heteroatoms. The van der Waals surface area contributed by atoms with Crippen molar-refractivity contribution in [1.29, 1.82) is 0 Å². The minimum Gasteiger partial charge on any atom is -0.361 e. The van der Waals surface area contributed by atoms with E-state index in [1.54, 1.807) is 0 Å². The predicted molar refractivity (Wildman–Crippen MR) is 92.6 cm³/mol. The highest BCUT2D eigenvalue weighted by Crippen LogP contribution is 2.16. The molecule has 0 bridgehead atoms. The first kappa shape index (κ1) is 16.7. The summed E-state index contributed by atoms with van der Waals surface area (Å²) in [5, 5.41) is 4.01. The molecule has 1 aromatic heterocycles. The van der Waals surface area contributed by atoms with Crippen molar-refractivity contribution in [2.24, 2.45) is 0 Å². The Morgan fingerprint density at radius 3 is 2.46 bits per heavy atom. The normalized spacial score (nSPS) is 15.7. The fraction of sp³-hybridized carbons (Fsp3) is 0.474. The number of nitrogens with zero attached hydrogens (tertiary/aromatic N) is 3. The summed E-state index contributed by atoms with van der Waals surface area (Å²) in [6.07, 6.45) is 1.41. The Morgan fingerprint density at radius 2 is 1.83 bits per heavy atom. The molecule has 1 amide bonds. The fourth-order valence-corrected chi connectivity index (χ4v) is 3.16. The van der Waals surface area contributed by atoms with Crippen molar-refractivity contribution in [3.63, 3.8) is 0 Å². The van der Waals surface area contributed by atoms with Crippen LogP contribution >= 0.6 is 0 Å². The summed E-state index contributed by atoms with van der Waals surface area (Å²) in [4.78, 5) is 16.7. The lowest BCUT2D eigenvalue weighted by atomic mass is 10.1. The molecule has 0 saturated carbocycles. The number of piperazine rings is 1.